The van der Waals surface area contributed by atoms with Crippen LogP contribution in [0.15, 0.2) is 53.0 Å². The molecule has 0 spiro atoms. The highest BCUT2D eigenvalue weighted by atomic mass is 79.9. The lowest BCUT2D eigenvalue weighted by Gasteiger charge is -2.08. The molecule has 0 unspecified atom stereocenters. The molecule has 0 atom stereocenters. The molecule has 2 nitrogen and oxygen atoms in total. The SMILES string of the molecule is NCc1ccc(COc2ccccc2)c(Br)c1. The van der Waals surface area contributed by atoms with Crippen LogP contribution in [0.2, 0.25) is 0 Å². The zero-order valence-electron chi connectivity index (χ0n) is 9.40. The van der Waals surface area contributed by atoms with E-state index >= 15 is 0 Å². The minimum Gasteiger partial charge on any atom is -0.489 e. The molecule has 0 aliphatic carbocycles. The summed E-state index contributed by atoms with van der Waals surface area (Å²) in [4.78, 5) is 0. The van der Waals surface area contributed by atoms with E-state index in [0.29, 0.717) is 13.2 Å². The van der Waals surface area contributed by atoms with E-state index in [1.165, 1.54) is 0 Å². The van der Waals surface area contributed by atoms with Gasteiger partial charge in [-0.3, -0.25) is 0 Å². The van der Waals surface area contributed by atoms with Crippen LogP contribution in [0, 0.1) is 0 Å². The van der Waals surface area contributed by atoms with Crippen LogP contribution in [0.5, 0.6) is 5.75 Å². The van der Waals surface area contributed by atoms with Gasteiger partial charge in [0.05, 0.1) is 0 Å². The third-order valence-corrected chi connectivity index (χ3v) is 3.23. The van der Waals surface area contributed by atoms with Gasteiger partial charge in [0.25, 0.3) is 0 Å². The molecule has 2 rings (SSSR count). The van der Waals surface area contributed by atoms with Crippen molar-refractivity contribution >= 4 is 15.9 Å². The normalized spacial score (nSPS) is 10.2. The molecule has 0 radical (unpaired) electrons. The van der Waals surface area contributed by atoms with Gasteiger partial charge in [-0.1, -0.05) is 46.3 Å². The van der Waals surface area contributed by atoms with Crippen molar-refractivity contribution in [2.75, 3.05) is 0 Å². The molecule has 2 aromatic carbocycles. The van der Waals surface area contributed by atoms with Gasteiger partial charge in [0.15, 0.2) is 0 Å². The average Bonchev–Trinajstić information content (AvgIpc) is 2.38. The van der Waals surface area contributed by atoms with Gasteiger partial charge in [-0.25, -0.2) is 0 Å². The number of hydrogen-bond donors (Lipinski definition) is 1. The number of halogens is 1. The van der Waals surface area contributed by atoms with E-state index in [0.717, 1.165) is 21.3 Å². The highest BCUT2D eigenvalue weighted by Gasteiger charge is 2.02. The molecule has 0 aromatic heterocycles. The van der Waals surface area contributed by atoms with E-state index in [1.54, 1.807) is 0 Å². The Kier molecular flexibility index (Phi) is 4.18. The lowest BCUT2D eigenvalue weighted by molar-refractivity contribution is 0.305. The smallest absolute Gasteiger partial charge is 0.119 e. The van der Waals surface area contributed by atoms with Crippen molar-refractivity contribution in [3.05, 3.63) is 64.1 Å². The summed E-state index contributed by atoms with van der Waals surface area (Å²) in [6.45, 7) is 1.11. The minimum absolute atomic E-state index is 0.551. The van der Waals surface area contributed by atoms with Gasteiger partial charge in [0, 0.05) is 16.6 Å². The monoisotopic (exact) mass is 291 g/mol. The lowest BCUT2D eigenvalue weighted by atomic mass is 10.1. The minimum atomic E-state index is 0.551. The van der Waals surface area contributed by atoms with Crippen LogP contribution in [0.1, 0.15) is 11.1 Å². The molecule has 0 fully saturated rings. The van der Waals surface area contributed by atoms with E-state index in [2.05, 4.69) is 15.9 Å². The van der Waals surface area contributed by atoms with Crippen LogP contribution in [-0.4, -0.2) is 0 Å². The summed E-state index contributed by atoms with van der Waals surface area (Å²) >= 11 is 3.53. The molecule has 2 aromatic rings. The first-order valence-corrected chi connectivity index (χ1v) is 6.24. The molecule has 0 saturated heterocycles. The van der Waals surface area contributed by atoms with Crippen molar-refractivity contribution in [1.82, 2.24) is 0 Å². The highest BCUT2D eigenvalue weighted by Crippen LogP contribution is 2.20. The Balaban J connectivity index is 2.04. The summed E-state index contributed by atoms with van der Waals surface area (Å²) in [5, 5.41) is 0. The second-order valence-corrected chi connectivity index (χ2v) is 4.59. The van der Waals surface area contributed by atoms with Crippen molar-refractivity contribution in [2.45, 2.75) is 13.2 Å². The molecule has 88 valence electrons. The number of benzene rings is 2. The molecule has 3 heteroatoms. The van der Waals surface area contributed by atoms with E-state index < -0.39 is 0 Å². The maximum atomic E-state index is 5.69. The molecule has 0 bridgehead atoms. The number of ether oxygens (including phenoxy) is 1. The quantitative estimate of drug-likeness (QED) is 0.936. The number of rotatable bonds is 4. The molecular weight excluding hydrogens is 278 g/mol. The van der Waals surface area contributed by atoms with Crippen LogP contribution in [0.25, 0.3) is 0 Å². The van der Waals surface area contributed by atoms with Crippen LogP contribution in [-0.2, 0) is 13.2 Å². The van der Waals surface area contributed by atoms with E-state index in [-0.39, 0.29) is 0 Å². The first kappa shape index (κ1) is 12.1. The van der Waals surface area contributed by atoms with Crippen molar-refractivity contribution in [2.24, 2.45) is 5.73 Å². The fourth-order valence-electron chi connectivity index (χ4n) is 1.51. The Labute approximate surface area is 110 Å². The van der Waals surface area contributed by atoms with E-state index in [1.807, 2.05) is 48.5 Å². The number of nitrogens with two attached hydrogens (primary N) is 1. The van der Waals surface area contributed by atoms with Crippen molar-refractivity contribution in [1.29, 1.82) is 0 Å². The lowest BCUT2D eigenvalue weighted by Crippen LogP contribution is -2.00. The Morgan fingerprint density at radius 2 is 1.82 bits per heavy atom. The largest absolute Gasteiger partial charge is 0.489 e. The Hall–Kier alpha value is -1.32. The fourth-order valence-corrected chi connectivity index (χ4v) is 2.05. The fraction of sp³-hybridized carbons (Fsp3) is 0.143. The molecule has 0 heterocycles. The van der Waals surface area contributed by atoms with Crippen LogP contribution in [0.4, 0.5) is 0 Å². The summed E-state index contributed by atoms with van der Waals surface area (Å²) < 4.78 is 6.72. The Morgan fingerprint density at radius 3 is 2.47 bits per heavy atom. The third kappa shape index (κ3) is 3.32. The van der Waals surface area contributed by atoms with Crippen molar-refractivity contribution in [3.8, 4) is 5.75 Å². The van der Waals surface area contributed by atoms with Crippen LogP contribution < -0.4 is 10.5 Å². The summed E-state index contributed by atoms with van der Waals surface area (Å²) in [6, 6.07) is 15.9. The molecule has 0 amide bonds. The second-order valence-electron chi connectivity index (χ2n) is 3.73. The second kappa shape index (κ2) is 5.84. The third-order valence-electron chi connectivity index (χ3n) is 2.49. The summed E-state index contributed by atoms with van der Waals surface area (Å²) in [5.41, 5.74) is 7.81. The van der Waals surface area contributed by atoms with Crippen molar-refractivity contribution < 1.29 is 4.74 Å². The van der Waals surface area contributed by atoms with Crippen LogP contribution in [0.3, 0.4) is 0 Å². The van der Waals surface area contributed by atoms with Gasteiger partial charge >= 0.3 is 0 Å². The summed E-state index contributed by atoms with van der Waals surface area (Å²) in [5.74, 6) is 0.877. The Bertz CT molecular complexity index is 485. The summed E-state index contributed by atoms with van der Waals surface area (Å²) in [7, 11) is 0. The van der Waals surface area contributed by atoms with Gasteiger partial charge < -0.3 is 10.5 Å². The average molecular weight is 292 g/mol. The van der Waals surface area contributed by atoms with Gasteiger partial charge in [0.2, 0.25) is 0 Å². The molecule has 0 saturated carbocycles. The predicted molar refractivity (Wildman–Crippen MR) is 72.8 cm³/mol. The molecular formula is C14H14BrNO. The first-order valence-electron chi connectivity index (χ1n) is 5.45. The number of hydrogen-bond acceptors (Lipinski definition) is 2. The van der Waals surface area contributed by atoms with Crippen LogP contribution >= 0.6 is 15.9 Å². The standard InChI is InChI=1S/C14H14BrNO/c15-14-8-11(9-16)6-7-12(14)10-17-13-4-2-1-3-5-13/h1-8H,9-10,16H2. The summed E-state index contributed by atoms with van der Waals surface area (Å²) in [6.07, 6.45) is 0. The number of para-hydroxylation sites is 1. The van der Waals surface area contributed by atoms with Gasteiger partial charge in [-0.15, -0.1) is 0 Å². The Morgan fingerprint density at radius 1 is 1.06 bits per heavy atom. The van der Waals surface area contributed by atoms with E-state index in [9.17, 15) is 0 Å². The molecule has 0 aliphatic rings. The molecule has 17 heavy (non-hydrogen) atoms. The highest BCUT2D eigenvalue weighted by molar-refractivity contribution is 9.10. The zero-order chi connectivity index (χ0) is 12.1. The molecule has 0 aliphatic heterocycles. The molecule has 2 N–H and O–H groups in total. The maximum absolute atomic E-state index is 5.69. The topological polar surface area (TPSA) is 35.2 Å². The predicted octanol–water partition coefficient (Wildman–Crippen LogP) is 3.49. The van der Waals surface area contributed by atoms with E-state index in [4.69, 9.17) is 10.5 Å². The van der Waals surface area contributed by atoms with Gasteiger partial charge in [-0.2, -0.15) is 0 Å². The first-order chi connectivity index (χ1) is 8.29. The maximum Gasteiger partial charge on any atom is 0.119 e. The van der Waals surface area contributed by atoms with Gasteiger partial charge in [-0.05, 0) is 23.8 Å². The van der Waals surface area contributed by atoms with Gasteiger partial charge in [0.1, 0.15) is 12.4 Å². The zero-order valence-corrected chi connectivity index (χ0v) is 11.0. The van der Waals surface area contributed by atoms with Crippen molar-refractivity contribution in [3.63, 3.8) is 0 Å².